The SMILES string of the molecule is CC(C)(CNC(=O)O)c1ccc(-c2ncn(-c3ccc(OC(F)(F)F)cc3)n2)cc1. The molecule has 3 aromatic rings. The molecular weight excluding hydrogens is 401 g/mol. The molecule has 3 rings (SSSR count). The molecule has 1 amide bonds. The minimum absolute atomic E-state index is 0.266. The van der Waals surface area contributed by atoms with E-state index in [1.807, 2.05) is 38.1 Å². The number of carboxylic acid groups (broad SMARTS) is 1. The van der Waals surface area contributed by atoms with Gasteiger partial charge in [0.15, 0.2) is 5.82 Å². The van der Waals surface area contributed by atoms with Gasteiger partial charge in [-0.25, -0.2) is 14.5 Å². The normalized spacial score (nSPS) is 11.9. The van der Waals surface area contributed by atoms with E-state index in [1.165, 1.54) is 35.3 Å². The van der Waals surface area contributed by atoms with Crippen molar-refractivity contribution in [3.05, 3.63) is 60.4 Å². The number of aromatic nitrogens is 3. The van der Waals surface area contributed by atoms with E-state index in [1.54, 1.807) is 0 Å². The topological polar surface area (TPSA) is 89.3 Å². The zero-order chi connectivity index (χ0) is 21.9. The lowest BCUT2D eigenvalue weighted by Crippen LogP contribution is -2.35. The van der Waals surface area contributed by atoms with Crippen LogP contribution in [0.2, 0.25) is 0 Å². The Kier molecular flexibility index (Phi) is 5.68. The molecule has 0 saturated heterocycles. The van der Waals surface area contributed by atoms with Crippen molar-refractivity contribution < 1.29 is 27.8 Å². The number of halogens is 3. The summed E-state index contributed by atoms with van der Waals surface area (Å²) in [6, 6.07) is 12.7. The average Bonchev–Trinajstić information content (AvgIpc) is 3.16. The van der Waals surface area contributed by atoms with Gasteiger partial charge in [0.1, 0.15) is 12.1 Å². The van der Waals surface area contributed by atoms with Crippen molar-refractivity contribution in [1.29, 1.82) is 0 Å². The van der Waals surface area contributed by atoms with Crippen LogP contribution in [0.3, 0.4) is 0 Å². The standard InChI is InChI=1S/C20H19F3N4O3/c1-19(2,11-24-18(28)29)14-5-3-13(4-6-14)17-25-12-27(26-17)15-7-9-16(10-8-15)30-20(21,22)23/h3-10,12,24H,11H2,1-2H3,(H,28,29). The summed E-state index contributed by atoms with van der Waals surface area (Å²) in [5.41, 5.74) is 1.82. The minimum Gasteiger partial charge on any atom is -0.465 e. The fraction of sp³-hybridized carbons (Fsp3) is 0.250. The van der Waals surface area contributed by atoms with Gasteiger partial charge in [0.25, 0.3) is 0 Å². The Bertz CT molecular complexity index is 1010. The van der Waals surface area contributed by atoms with E-state index in [2.05, 4.69) is 20.1 Å². The largest absolute Gasteiger partial charge is 0.573 e. The molecule has 0 aliphatic heterocycles. The first-order valence-electron chi connectivity index (χ1n) is 8.89. The second-order valence-corrected chi connectivity index (χ2v) is 7.17. The molecule has 158 valence electrons. The summed E-state index contributed by atoms with van der Waals surface area (Å²) < 4.78 is 42.1. The first kappa shape index (κ1) is 21.2. The molecular formula is C20H19F3N4O3. The monoisotopic (exact) mass is 420 g/mol. The molecule has 2 N–H and O–H groups in total. The predicted molar refractivity (Wildman–Crippen MR) is 103 cm³/mol. The van der Waals surface area contributed by atoms with Gasteiger partial charge in [-0.3, -0.25) is 0 Å². The summed E-state index contributed by atoms with van der Waals surface area (Å²) in [5.74, 6) is 0.126. The third-order valence-electron chi connectivity index (χ3n) is 4.43. The highest BCUT2D eigenvalue weighted by atomic mass is 19.4. The molecule has 2 aromatic carbocycles. The van der Waals surface area contributed by atoms with Crippen LogP contribution in [0, 0.1) is 0 Å². The quantitative estimate of drug-likeness (QED) is 0.618. The van der Waals surface area contributed by atoms with Gasteiger partial charge in [0.05, 0.1) is 5.69 Å². The molecule has 0 radical (unpaired) electrons. The number of carbonyl (C=O) groups is 1. The summed E-state index contributed by atoms with van der Waals surface area (Å²) in [6.07, 6.45) is -4.36. The number of benzene rings is 2. The van der Waals surface area contributed by atoms with E-state index < -0.39 is 17.9 Å². The van der Waals surface area contributed by atoms with Crippen LogP contribution in [0.5, 0.6) is 5.75 Å². The van der Waals surface area contributed by atoms with Gasteiger partial charge < -0.3 is 15.2 Å². The van der Waals surface area contributed by atoms with Gasteiger partial charge in [-0.2, -0.15) is 0 Å². The van der Waals surface area contributed by atoms with Crippen molar-refractivity contribution in [2.24, 2.45) is 0 Å². The molecule has 0 aliphatic rings. The first-order chi connectivity index (χ1) is 14.0. The number of nitrogens with zero attached hydrogens (tertiary/aromatic N) is 3. The van der Waals surface area contributed by atoms with Crippen molar-refractivity contribution >= 4 is 6.09 Å². The summed E-state index contributed by atoms with van der Waals surface area (Å²) in [5, 5.41) is 15.5. The lowest BCUT2D eigenvalue weighted by molar-refractivity contribution is -0.274. The van der Waals surface area contributed by atoms with Gasteiger partial charge >= 0.3 is 12.5 Å². The lowest BCUT2D eigenvalue weighted by Gasteiger charge is -2.25. The summed E-state index contributed by atoms with van der Waals surface area (Å²) >= 11 is 0. The summed E-state index contributed by atoms with van der Waals surface area (Å²) in [7, 11) is 0. The predicted octanol–water partition coefficient (Wildman–Crippen LogP) is 4.38. The Morgan fingerprint density at radius 2 is 1.73 bits per heavy atom. The van der Waals surface area contributed by atoms with Gasteiger partial charge in [-0.15, -0.1) is 18.3 Å². The average molecular weight is 420 g/mol. The summed E-state index contributed by atoms with van der Waals surface area (Å²) in [4.78, 5) is 15.0. The van der Waals surface area contributed by atoms with Gasteiger partial charge in [0.2, 0.25) is 0 Å². The molecule has 10 heteroatoms. The van der Waals surface area contributed by atoms with E-state index in [-0.39, 0.29) is 12.3 Å². The second kappa shape index (κ2) is 8.05. The summed E-state index contributed by atoms with van der Waals surface area (Å²) in [6.45, 7) is 4.12. The van der Waals surface area contributed by atoms with E-state index in [4.69, 9.17) is 5.11 Å². The van der Waals surface area contributed by atoms with Crippen LogP contribution >= 0.6 is 0 Å². The zero-order valence-corrected chi connectivity index (χ0v) is 16.1. The van der Waals surface area contributed by atoms with Gasteiger partial charge in [0, 0.05) is 17.5 Å². The highest BCUT2D eigenvalue weighted by Crippen LogP contribution is 2.26. The molecule has 7 nitrogen and oxygen atoms in total. The van der Waals surface area contributed by atoms with Gasteiger partial charge in [-0.1, -0.05) is 38.1 Å². The molecule has 0 saturated carbocycles. The molecule has 0 atom stereocenters. The molecule has 1 aromatic heterocycles. The number of ether oxygens (including phenoxy) is 1. The van der Waals surface area contributed by atoms with Crippen LogP contribution in [0.1, 0.15) is 19.4 Å². The van der Waals surface area contributed by atoms with E-state index in [0.29, 0.717) is 11.5 Å². The van der Waals surface area contributed by atoms with E-state index >= 15 is 0 Å². The highest BCUT2D eigenvalue weighted by Gasteiger charge is 2.31. The Morgan fingerprint density at radius 3 is 2.30 bits per heavy atom. The van der Waals surface area contributed by atoms with Crippen LogP contribution in [-0.4, -0.2) is 38.9 Å². The van der Waals surface area contributed by atoms with Gasteiger partial charge in [-0.05, 0) is 29.8 Å². The third kappa shape index (κ3) is 5.28. The number of rotatable bonds is 6. The van der Waals surface area contributed by atoms with Crippen molar-refractivity contribution in [1.82, 2.24) is 20.1 Å². The lowest BCUT2D eigenvalue weighted by atomic mass is 9.84. The smallest absolute Gasteiger partial charge is 0.465 e. The first-order valence-corrected chi connectivity index (χ1v) is 8.89. The van der Waals surface area contributed by atoms with E-state index in [0.717, 1.165) is 11.1 Å². The number of hydrogen-bond donors (Lipinski definition) is 2. The Morgan fingerprint density at radius 1 is 1.10 bits per heavy atom. The van der Waals surface area contributed by atoms with Crippen molar-refractivity contribution in [2.45, 2.75) is 25.6 Å². The molecule has 0 fully saturated rings. The Labute approximate surface area is 170 Å². The maximum Gasteiger partial charge on any atom is 0.573 e. The molecule has 0 bridgehead atoms. The van der Waals surface area contributed by atoms with E-state index in [9.17, 15) is 18.0 Å². The maximum absolute atomic E-state index is 12.3. The van der Waals surface area contributed by atoms with Crippen molar-refractivity contribution in [2.75, 3.05) is 6.54 Å². The molecule has 30 heavy (non-hydrogen) atoms. The zero-order valence-electron chi connectivity index (χ0n) is 16.1. The highest BCUT2D eigenvalue weighted by molar-refractivity contribution is 5.64. The van der Waals surface area contributed by atoms with Crippen molar-refractivity contribution in [3.63, 3.8) is 0 Å². The van der Waals surface area contributed by atoms with Crippen molar-refractivity contribution in [3.8, 4) is 22.8 Å². The number of amides is 1. The number of nitrogens with one attached hydrogen (secondary N) is 1. The minimum atomic E-state index is -4.74. The number of alkyl halides is 3. The second-order valence-electron chi connectivity index (χ2n) is 7.17. The van der Waals surface area contributed by atoms with Crippen LogP contribution in [0.15, 0.2) is 54.9 Å². The Balaban J connectivity index is 1.74. The van der Waals surface area contributed by atoms with Crippen LogP contribution in [-0.2, 0) is 5.41 Å². The number of hydrogen-bond acceptors (Lipinski definition) is 4. The van der Waals surface area contributed by atoms with Crippen LogP contribution < -0.4 is 10.1 Å². The molecule has 0 spiro atoms. The van der Waals surface area contributed by atoms with Crippen LogP contribution in [0.25, 0.3) is 17.1 Å². The maximum atomic E-state index is 12.3. The fourth-order valence-electron chi connectivity index (χ4n) is 2.79. The third-order valence-corrected chi connectivity index (χ3v) is 4.43. The van der Waals surface area contributed by atoms with Crippen LogP contribution in [0.4, 0.5) is 18.0 Å². The molecule has 0 aliphatic carbocycles. The fourth-order valence-corrected chi connectivity index (χ4v) is 2.79. The molecule has 0 unspecified atom stereocenters. The molecule has 1 heterocycles. The Hall–Kier alpha value is -3.56.